The molecule has 3 nitrogen and oxygen atoms in total. The fraction of sp³-hybridized carbons (Fsp3) is 0.235. The first-order valence-electron chi connectivity index (χ1n) is 6.81. The number of amides is 1. The highest BCUT2D eigenvalue weighted by Crippen LogP contribution is 2.25. The Bertz CT molecular complexity index is 608. The fourth-order valence-corrected chi connectivity index (χ4v) is 2.45. The SMILES string of the molecule is CSc1ccccc1NC(=O)c1ccc(OC(C)C)cc1. The molecule has 0 atom stereocenters. The van der Waals surface area contributed by atoms with Gasteiger partial charge in [-0.15, -0.1) is 11.8 Å². The van der Waals surface area contributed by atoms with E-state index in [9.17, 15) is 4.79 Å². The van der Waals surface area contributed by atoms with Gasteiger partial charge in [0.05, 0.1) is 11.8 Å². The maximum Gasteiger partial charge on any atom is 0.255 e. The summed E-state index contributed by atoms with van der Waals surface area (Å²) in [4.78, 5) is 13.3. The van der Waals surface area contributed by atoms with Crippen LogP contribution < -0.4 is 10.1 Å². The third-order valence-electron chi connectivity index (χ3n) is 2.84. The van der Waals surface area contributed by atoms with Crippen LogP contribution in [0.5, 0.6) is 5.75 Å². The van der Waals surface area contributed by atoms with Crippen molar-refractivity contribution in [2.75, 3.05) is 11.6 Å². The summed E-state index contributed by atoms with van der Waals surface area (Å²) in [7, 11) is 0. The molecule has 0 aliphatic carbocycles. The smallest absolute Gasteiger partial charge is 0.255 e. The molecule has 110 valence electrons. The molecule has 0 unspecified atom stereocenters. The van der Waals surface area contributed by atoms with Gasteiger partial charge in [0.25, 0.3) is 5.91 Å². The molecule has 0 bridgehead atoms. The zero-order valence-corrected chi connectivity index (χ0v) is 13.2. The third-order valence-corrected chi connectivity index (χ3v) is 3.64. The van der Waals surface area contributed by atoms with Crippen LogP contribution in [0.15, 0.2) is 53.4 Å². The summed E-state index contributed by atoms with van der Waals surface area (Å²) in [5.74, 6) is 0.652. The number of hydrogen-bond acceptors (Lipinski definition) is 3. The fourth-order valence-electron chi connectivity index (χ4n) is 1.90. The van der Waals surface area contributed by atoms with Gasteiger partial charge >= 0.3 is 0 Å². The standard InChI is InChI=1S/C17H19NO2S/c1-12(2)20-14-10-8-13(9-11-14)17(19)18-15-6-4-5-7-16(15)21-3/h4-12H,1-3H3,(H,18,19). The van der Waals surface area contributed by atoms with E-state index in [0.717, 1.165) is 16.3 Å². The molecule has 0 saturated carbocycles. The summed E-state index contributed by atoms with van der Waals surface area (Å²) in [6, 6.07) is 14.9. The Morgan fingerprint density at radius 3 is 2.38 bits per heavy atom. The Labute approximate surface area is 129 Å². The monoisotopic (exact) mass is 301 g/mol. The Balaban J connectivity index is 2.09. The summed E-state index contributed by atoms with van der Waals surface area (Å²) in [5.41, 5.74) is 1.44. The van der Waals surface area contributed by atoms with E-state index in [2.05, 4.69) is 5.32 Å². The quantitative estimate of drug-likeness (QED) is 0.829. The van der Waals surface area contributed by atoms with Crippen LogP contribution in [0.4, 0.5) is 5.69 Å². The summed E-state index contributed by atoms with van der Waals surface area (Å²) in [5, 5.41) is 2.94. The van der Waals surface area contributed by atoms with E-state index in [1.165, 1.54) is 0 Å². The van der Waals surface area contributed by atoms with E-state index in [0.29, 0.717) is 5.56 Å². The zero-order valence-electron chi connectivity index (χ0n) is 12.4. The molecule has 21 heavy (non-hydrogen) atoms. The van der Waals surface area contributed by atoms with Gasteiger partial charge in [-0.2, -0.15) is 0 Å². The van der Waals surface area contributed by atoms with Crippen molar-refractivity contribution >= 4 is 23.4 Å². The summed E-state index contributed by atoms with van der Waals surface area (Å²) < 4.78 is 5.57. The molecular formula is C17H19NO2S. The van der Waals surface area contributed by atoms with Gasteiger partial charge in [-0.25, -0.2) is 0 Å². The molecule has 0 fully saturated rings. The predicted molar refractivity (Wildman–Crippen MR) is 88.4 cm³/mol. The van der Waals surface area contributed by atoms with Crippen molar-refractivity contribution in [3.63, 3.8) is 0 Å². The molecule has 4 heteroatoms. The van der Waals surface area contributed by atoms with E-state index in [1.807, 2.05) is 56.5 Å². The second-order valence-electron chi connectivity index (χ2n) is 4.85. The Morgan fingerprint density at radius 2 is 1.76 bits per heavy atom. The second-order valence-corrected chi connectivity index (χ2v) is 5.69. The van der Waals surface area contributed by atoms with Crippen LogP contribution in [0.25, 0.3) is 0 Å². The molecule has 0 aromatic heterocycles. The second kappa shape index (κ2) is 7.18. The van der Waals surface area contributed by atoms with Crippen molar-refractivity contribution in [3.8, 4) is 5.75 Å². The van der Waals surface area contributed by atoms with Gasteiger partial charge in [0.2, 0.25) is 0 Å². The van der Waals surface area contributed by atoms with Crippen LogP contribution in [-0.4, -0.2) is 18.3 Å². The Morgan fingerprint density at radius 1 is 1.10 bits per heavy atom. The average molecular weight is 301 g/mol. The van der Waals surface area contributed by atoms with Crippen LogP contribution >= 0.6 is 11.8 Å². The number of nitrogens with one attached hydrogen (secondary N) is 1. The number of carbonyl (C=O) groups excluding carboxylic acids is 1. The lowest BCUT2D eigenvalue weighted by Gasteiger charge is -2.11. The van der Waals surface area contributed by atoms with E-state index in [4.69, 9.17) is 4.74 Å². The third kappa shape index (κ3) is 4.26. The zero-order chi connectivity index (χ0) is 15.2. The first-order chi connectivity index (χ1) is 10.1. The van der Waals surface area contributed by atoms with Crippen LogP contribution in [0.2, 0.25) is 0 Å². The van der Waals surface area contributed by atoms with E-state index in [1.54, 1.807) is 23.9 Å². The molecule has 2 rings (SSSR count). The van der Waals surface area contributed by atoms with Crippen molar-refractivity contribution in [2.24, 2.45) is 0 Å². The van der Waals surface area contributed by atoms with Crippen molar-refractivity contribution in [1.82, 2.24) is 0 Å². The van der Waals surface area contributed by atoms with E-state index >= 15 is 0 Å². The highest BCUT2D eigenvalue weighted by atomic mass is 32.2. The summed E-state index contributed by atoms with van der Waals surface area (Å²) >= 11 is 1.61. The molecule has 2 aromatic rings. The minimum absolute atomic E-state index is 0.118. The molecule has 0 aliphatic rings. The minimum Gasteiger partial charge on any atom is -0.491 e. The number of benzene rings is 2. The maximum atomic E-state index is 12.3. The number of ether oxygens (including phenoxy) is 1. The van der Waals surface area contributed by atoms with Crippen LogP contribution in [0.3, 0.4) is 0 Å². The molecule has 1 amide bonds. The molecule has 0 heterocycles. The first kappa shape index (κ1) is 15.4. The van der Waals surface area contributed by atoms with Crippen LogP contribution in [0, 0.1) is 0 Å². The molecule has 0 saturated heterocycles. The first-order valence-corrected chi connectivity index (χ1v) is 8.03. The number of thioether (sulfide) groups is 1. The number of para-hydroxylation sites is 1. The molecule has 0 spiro atoms. The number of carbonyl (C=O) groups is 1. The van der Waals surface area contributed by atoms with E-state index in [-0.39, 0.29) is 12.0 Å². The Hall–Kier alpha value is -1.94. The average Bonchev–Trinajstić information content (AvgIpc) is 2.48. The van der Waals surface area contributed by atoms with Gasteiger partial charge in [-0.05, 0) is 56.5 Å². The van der Waals surface area contributed by atoms with Crippen molar-refractivity contribution < 1.29 is 9.53 Å². The van der Waals surface area contributed by atoms with Crippen molar-refractivity contribution in [1.29, 1.82) is 0 Å². The van der Waals surface area contributed by atoms with Crippen molar-refractivity contribution in [3.05, 3.63) is 54.1 Å². The van der Waals surface area contributed by atoms with Crippen molar-refractivity contribution in [2.45, 2.75) is 24.8 Å². The maximum absolute atomic E-state index is 12.3. The number of anilines is 1. The number of rotatable bonds is 5. The summed E-state index contributed by atoms with van der Waals surface area (Å²) in [6.07, 6.45) is 2.11. The number of hydrogen-bond donors (Lipinski definition) is 1. The molecule has 0 aliphatic heterocycles. The van der Waals surface area contributed by atoms with Gasteiger partial charge < -0.3 is 10.1 Å². The van der Waals surface area contributed by atoms with Gasteiger partial charge in [-0.3, -0.25) is 4.79 Å². The van der Waals surface area contributed by atoms with Gasteiger partial charge in [0.15, 0.2) is 0 Å². The Kier molecular flexibility index (Phi) is 5.28. The van der Waals surface area contributed by atoms with Gasteiger partial charge in [0, 0.05) is 10.5 Å². The predicted octanol–water partition coefficient (Wildman–Crippen LogP) is 4.45. The van der Waals surface area contributed by atoms with Gasteiger partial charge in [0.1, 0.15) is 5.75 Å². The highest BCUT2D eigenvalue weighted by molar-refractivity contribution is 7.98. The normalized spacial score (nSPS) is 10.5. The molecule has 1 N–H and O–H groups in total. The molecular weight excluding hydrogens is 282 g/mol. The van der Waals surface area contributed by atoms with Crippen LogP contribution in [-0.2, 0) is 0 Å². The summed E-state index contributed by atoms with van der Waals surface area (Å²) in [6.45, 7) is 3.94. The van der Waals surface area contributed by atoms with Crippen LogP contribution in [0.1, 0.15) is 24.2 Å². The lowest BCUT2D eigenvalue weighted by molar-refractivity contribution is 0.102. The topological polar surface area (TPSA) is 38.3 Å². The molecule has 2 aromatic carbocycles. The lowest BCUT2D eigenvalue weighted by atomic mass is 10.2. The molecule has 0 radical (unpaired) electrons. The van der Waals surface area contributed by atoms with Gasteiger partial charge in [-0.1, -0.05) is 12.1 Å². The largest absolute Gasteiger partial charge is 0.491 e. The van der Waals surface area contributed by atoms with E-state index < -0.39 is 0 Å². The lowest BCUT2D eigenvalue weighted by Crippen LogP contribution is -2.12. The minimum atomic E-state index is -0.118. The highest BCUT2D eigenvalue weighted by Gasteiger charge is 2.09.